The van der Waals surface area contributed by atoms with Crippen LogP contribution >= 0.6 is 0 Å². The van der Waals surface area contributed by atoms with Crippen molar-refractivity contribution in [3.63, 3.8) is 0 Å². The van der Waals surface area contributed by atoms with Crippen molar-refractivity contribution in [2.45, 2.75) is 43.6 Å². The lowest BCUT2D eigenvalue weighted by Crippen LogP contribution is -2.28. The minimum absolute atomic E-state index is 0.0637. The van der Waals surface area contributed by atoms with Gasteiger partial charge < -0.3 is 4.74 Å². The molecular formula is C15H21NO4S. The van der Waals surface area contributed by atoms with E-state index in [0.29, 0.717) is 17.2 Å². The van der Waals surface area contributed by atoms with E-state index in [4.69, 9.17) is 0 Å². The average Bonchev–Trinajstić information content (AvgIpc) is 2.47. The van der Waals surface area contributed by atoms with E-state index in [2.05, 4.69) is 16.6 Å². The average molecular weight is 311 g/mol. The molecule has 1 fully saturated rings. The smallest absolute Gasteiger partial charge is 0.339 e. The monoisotopic (exact) mass is 311 g/mol. The normalized spacial score (nSPS) is 22.8. The quantitative estimate of drug-likeness (QED) is 0.798. The van der Waals surface area contributed by atoms with Crippen LogP contribution in [0.2, 0.25) is 0 Å². The van der Waals surface area contributed by atoms with Crippen molar-refractivity contribution in [3.8, 4) is 0 Å². The molecule has 21 heavy (non-hydrogen) atoms. The molecule has 0 bridgehead atoms. The van der Waals surface area contributed by atoms with Gasteiger partial charge in [0.1, 0.15) is 0 Å². The van der Waals surface area contributed by atoms with Gasteiger partial charge in [-0.3, -0.25) is 4.98 Å². The molecule has 6 heteroatoms. The summed E-state index contributed by atoms with van der Waals surface area (Å²) in [5.74, 6) is -0.0718. The van der Waals surface area contributed by atoms with E-state index >= 15 is 0 Å². The molecule has 2 rings (SSSR count). The summed E-state index contributed by atoms with van der Waals surface area (Å²) in [6.07, 6.45) is 4.92. The van der Waals surface area contributed by atoms with E-state index in [0.717, 1.165) is 25.7 Å². The maximum atomic E-state index is 12.4. The lowest BCUT2D eigenvalue weighted by atomic mass is 9.91. The molecule has 1 saturated carbocycles. The van der Waals surface area contributed by atoms with Crippen LogP contribution in [0.4, 0.5) is 0 Å². The fraction of sp³-hybridized carbons (Fsp3) is 0.600. The summed E-state index contributed by atoms with van der Waals surface area (Å²) in [7, 11) is -1.89. The Morgan fingerprint density at radius 3 is 2.71 bits per heavy atom. The summed E-state index contributed by atoms with van der Waals surface area (Å²) in [5, 5.41) is -0.261. The van der Waals surface area contributed by atoms with Crippen LogP contribution in [-0.2, 0) is 20.3 Å². The third-order valence-corrected chi connectivity index (χ3v) is 6.13. The fourth-order valence-electron chi connectivity index (χ4n) is 2.78. The summed E-state index contributed by atoms with van der Waals surface area (Å²) in [4.78, 5) is 15.4. The second kappa shape index (κ2) is 6.56. The molecule has 116 valence electrons. The Balaban J connectivity index is 2.08. The predicted octanol–water partition coefficient (Wildman–Crippen LogP) is 2.36. The van der Waals surface area contributed by atoms with Crippen molar-refractivity contribution < 1.29 is 17.9 Å². The first kappa shape index (κ1) is 15.9. The van der Waals surface area contributed by atoms with Crippen molar-refractivity contribution >= 4 is 15.8 Å². The minimum Gasteiger partial charge on any atom is -0.465 e. The lowest BCUT2D eigenvalue weighted by Gasteiger charge is -2.26. The Labute approximate surface area is 125 Å². The van der Waals surface area contributed by atoms with Gasteiger partial charge in [-0.05, 0) is 30.9 Å². The largest absolute Gasteiger partial charge is 0.465 e. The molecule has 0 saturated heterocycles. The third-order valence-electron chi connectivity index (χ3n) is 3.99. The molecule has 0 radical (unpaired) electrons. The minimum atomic E-state index is -3.19. The van der Waals surface area contributed by atoms with Crippen LogP contribution < -0.4 is 0 Å². The highest BCUT2D eigenvalue weighted by Crippen LogP contribution is 2.29. The first-order valence-electron chi connectivity index (χ1n) is 7.17. The highest BCUT2D eigenvalue weighted by atomic mass is 32.2. The highest BCUT2D eigenvalue weighted by molar-refractivity contribution is 7.91. The highest BCUT2D eigenvalue weighted by Gasteiger charge is 2.30. The molecule has 5 nitrogen and oxygen atoms in total. The van der Waals surface area contributed by atoms with Crippen molar-refractivity contribution in [3.05, 3.63) is 29.6 Å². The second-order valence-electron chi connectivity index (χ2n) is 5.73. The molecule has 1 aromatic rings. The number of hydrogen-bond donors (Lipinski definition) is 0. The molecule has 0 aliphatic heterocycles. The molecule has 0 spiro atoms. The first-order valence-corrected chi connectivity index (χ1v) is 8.88. The van der Waals surface area contributed by atoms with E-state index in [-0.39, 0.29) is 11.0 Å². The number of pyridine rings is 1. The third kappa shape index (κ3) is 4.03. The zero-order valence-electron chi connectivity index (χ0n) is 12.4. The van der Waals surface area contributed by atoms with E-state index in [9.17, 15) is 13.2 Å². The van der Waals surface area contributed by atoms with Gasteiger partial charge in [-0.1, -0.05) is 19.8 Å². The van der Waals surface area contributed by atoms with Crippen LogP contribution in [0.25, 0.3) is 0 Å². The molecule has 0 amide bonds. The summed E-state index contributed by atoms with van der Waals surface area (Å²) >= 11 is 0. The lowest BCUT2D eigenvalue weighted by molar-refractivity contribution is 0.0600. The van der Waals surface area contributed by atoms with Gasteiger partial charge >= 0.3 is 5.97 Å². The maximum absolute atomic E-state index is 12.4. The number of nitrogens with zero attached hydrogens (tertiary/aromatic N) is 1. The topological polar surface area (TPSA) is 73.3 Å². The van der Waals surface area contributed by atoms with E-state index in [1.165, 1.54) is 13.3 Å². The number of hydrogen-bond acceptors (Lipinski definition) is 5. The molecule has 1 aliphatic rings. The maximum Gasteiger partial charge on any atom is 0.339 e. The Morgan fingerprint density at radius 2 is 2.14 bits per heavy atom. The molecule has 1 aromatic heterocycles. The molecule has 0 N–H and O–H groups in total. The van der Waals surface area contributed by atoms with Gasteiger partial charge in [-0.2, -0.15) is 0 Å². The Morgan fingerprint density at radius 1 is 1.38 bits per heavy atom. The Kier molecular flexibility index (Phi) is 4.98. The van der Waals surface area contributed by atoms with Crippen molar-refractivity contribution in [1.82, 2.24) is 4.98 Å². The number of ether oxygens (including phenoxy) is 1. The van der Waals surface area contributed by atoms with E-state index in [1.54, 1.807) is 12.1 Å². The molecule has 2 unspecified atom stereocenters. The van der Waals surface area contributed by atoms with Crippen LogP contribution in [0, 0.1) is 5.92 Å². The zero-order valence-corrected chi connectivity index (χ0v) is 13.2. The number of carbonyl (C=O) groups is 1. The number of rotatable bonds is 4. The summed E-state index contributed by atoms with van der Waals surface area (Å²) in [6.45, 7) is 2.10. The second-order valence-corrected chi connectivity index (χ2v) is 8.01. The van der Waals surface area contributed by atoms with Gasteiger partial charge in [0.2, 0.25) is 0 Å². The number of sulfone groups is 1. The van der Waals surface area contributed by atoms with Gasteiger partial charge in [0, 0.05) is 6.20 Å². The van der Waals surface area contributed by atoms with E-state index < -0.39 is 15.8 Å². The van der Waals surface area contributed by atoms with Gasteiger partial charge in [-0.25, -0.2) is 13.2 Å². The fourth-order valence-corrected chi connectivity index (χ4v) is 4.74. The van der Waals surface area contributed by atoms with Gasteiger partial charge in [-0.15, -0.1) is 0 Å². The predicted molar refractivity (Wildman–Crippen MR) is 79.6 cm³/mol. The van der Waals surface area contributed by atoms with Crippen molar-refractivity contribution in [1.29, 1.82) is 0 Å². The van der Waals surface area contributed by atoms with Gasteiger partial charge in [0.15, 0.2) is 9.84 Å². The van der Waals surface area contributed by atoms with Crippen LogP contribution in [0.1, 0.15) is 48.7 Å². The molecule has 1 aliphatic carbocycles. The molecule has 1 heterocycles. The van der Waals surface area contributed by atoms with Crippen molar-refractivity contribution in [2.24, 2.45) is 5.92 Å². The summed E-state index contributed by atoms with van der Waals surface area (Å²) in [6, 6.07) is 3.13. The van der Waals surface area contributed by atoms with Crippen LogP contribution in [0.3, 0.4) is 0 Å². The zero-order chi connectivity index (χ0) is 15.5. The SMILES string of the molecule is COC(=O)c1ccc(CS(=O)(=O)C2CCCC(C)C2)nc1. The summed E-state index contributed by atoms with van der Waals surface area (Å²) < 4.78 is 29.5. The van der Waals surface area contributed by atoms with Crippen LogP contribution in [0.15, 0.2) is 18.3 Å². The van der Waals surface area contributed by atoms with Crippen LogP contribution in [0.5, 0.6) is 0 Å². The summed E-state index contributed by atoms with van der Waals surface area (Å²) in [5.41, 5.74) is 0.797. The molecular weight excluding hydrogens is 290 g/mol. The van der Waals surface area contributed by atoms with Crippen LogP contribution in [-0.4, -0.2) is 31.7 Å². The van der Waals surface area contributed by atoms with Crippen molar-refractivity contribution in [2.75, 3.05) is 7.11 Å². The van der Waals surface area contributed by atoms with Gasteiger partial charge in [0.25, 0.3) is 0 Å². The first-order chi connectivity index (χ1) is 9.92. The molecule has 2 atom stereocenters. The number of esters is 1. The Bertz CT molecular complexity index is 595. The number of methoxy groups -OCH3 is 1. The number of carbonyl (C=O) groups excluding carboxylic acids is 1. The standard InChI is InChI=1S/C15H21NO4S/c1-11-4-3-5-14(8-11)21(18,19)10-13-7-6-12(9-16-13)15(17)20-2/h6-7,9,11,14H,3-5,8,10H2,1-2H3. The number of aromatic nitrogens is 1. The molecule has 0 aromatic carbocycles. The van der Waals surface area contributed by atoms with E-state index in [1.807, 2.05) is 0 Å². The van der Waals surface area contributed by atoms with Gasteiger partial charge in [0.05, 0.1) is 29.4 Å². The Hall–Kier alpha value is -1.43.